The van der Waals surface area contributed by atoms with Crippen LogP contribution >= 0.6 is 11.5 Å². The van der Waals surface area contributed by atoms with Gasteiger partial charge in [-0.05, 0) is 23.9 Å². The highest BCUT2D eigenvalue weighted by molar-refractivity contribution is 7.08. The summed E-state index contributed by atoms with van der Waals surface area (Å²) in [7, 11) is 0. The predicted molar refractivity (Wildman–Crippen MR) is 62.3 cm³/mol. The summed E-state index contributed by atoms with van der Waals surface area (Å²) in [4.78, 5) is 14.7. The van der Waals surface area contributed by atoms with E-state index in [4.69, 9.17) is 5.73 Å². The number of hydrogen-bond acceptors (Lipinski definition) is 5. The highest BCUT2D eigenvalue weighted by Crippen LogP contribution is 2.20. The van der Waals surface area contributed by atoms with E-state index in [2.05, 4.69) is 16.5 Å². The standard InChI is InChI=1S/C10H16N4OS/c1-3-8-9(16-13-12-8)10(15)14-4-6(2)7(11)5-14/h6-7H,3-5,11H2,1-2H3. The summed E-state index contributed by atoms with van der Waals surface area (Å²) < 4.78 is 3.84. The van der Waals surface area contributed by atoms with E-state index in [1.807, 2.05) is 11.8 Å². The average Bonchev–Trinajstić information content (AvgIpc) is 2.85. The van der Waals surface area contributed by atoms with E-state index >= 15 is 0 Å². The molecule has 0 aromatic carbocycles. The molecule has 1 aliphatic rings. The number of nitrogens with two attached hydrogens (primary N) is 1. The van der Waals surface area contributed by atoms with Gasteiger partial charge in [-0.25, -0.2) is 0 Å². The molecule has 88 valence electrons. The number of likely N-dealkylation sites (tertiary alicyclic amines) is 1. The van der Waals surface area contributed by atoms with Crippen molar-refractivity contribution in [2.24, 2.45) is 11.7 Å². The van der Waals surface area contributed by atoms with Crippen LogP contribution in [0.15, 0.2) is 0 Å². The zero-order valence-electron chi connectivity index (χ0n) is 9.51. The quantitative estimate of drug-likeness (QED) is 0.818. The molecule has 1 aliphatic heterocycles. The van der Waals surface area contributed by atoms with E-state index in [-0.39, 0.29) is 11.9 Å². The largest absolute Gasteiger partial charge is 0.336 e. The number of aryl methyl sites for hydroxylation is 1. The zero-order chi connectivity index (χ0) is 11.7. The van der Waals surface area contributed by atoms with Crippen LogP contribution in [0.25, 0.3) is 0 Å². The average molecular weight is 240 g/mol. The highest BCUT2D eigenvalue weighted by Gasteiger charge is 2.32. The van der Waals surface area contributed by atoms with E-state index in [0.717, 1.165) is 18.7 Å². The maximum Gasteiger partial charge on any atom is 0.267 e. The fourth-order valence-electron chi connectivity index (χ4n) is 1.90. The topological polar surface area (TPSA) is 72.1 Å². The van der Waals surface area contributed by atoms with E-state index in [0.29, 0.717) is 17.3 Å². The Morgan fingerprint density at radius 1 is 1.62 bits per heavy atom. The number of hydrogen-bond donors (Lipinski definition) is 1. The summed E-state index contributed by atoms with van der Waals surface area (Å²) in [6.45, 7) is 5.43. The molecule has 0 bridgehead atoms. The smallest absolute Gasteiger partial charge is 0.267 e. The number of nitrogens with zero attached hydrogens (tertiary/aromatic N) is 3. The number of aromatic nitrogens is 2. The summed E-state index contributed by atoms with van der Waals surface area (Å²) in [5.74, 6) is 0.404. The Balaban J connectivity index is 2.14. The molecular formula is C10H16N4OS. The summed E-state index contributed by atoms with van der Waals surface area (Å²) in [6.07, 6.45) is 0.743. The van der Waals surface area contributed by atoms with E-state index < -0.39 is 0 Å². The van der Waals surface area contributed by atoms with Crippen molar-refractivity contribution in [1.82, 2.24) is 14.5 Å². The van der Waals surface area contributed by atoms with Crippen molar-refractivity contribution in [3.63, 3.8) is 0 Å². The Hall–Kier alpha value is -1.01. The Kier molecular flexibility index (Phi) is 3.20. The fraction of sp³-hybridized carbons (Fsp3) is 0.700. The number of carbonyl (C=O) groups is 1. The molecule has 1 aromatic rings. The monoisotopic (exact) mass is 240 g/mol. The molecule has 0 radical (unpaired) electrons. The van der Waals surface area contributed by atoms with Gasteiger partial charge in [0.2, 0.25) is 0 Å². The van der Waals surface area contributed by atoms with Gasteiger partial charge < -0.3 is 10.6 Å². The molecule has 5 nitrogen and oxygen atoms in total. The lowest BCUT2D eigenvalue weighted by molar-refractivity contribution is 0.0790. The van der Waals surface area contributed by atoms with Crippen LogP contribution in [0, 0.1) is 5.92 Å². The number of amides is 1. The van der Waals surface area contributed by atoms with Gasteiger partial charge in [-0.3, -0.25) is 4.79 Å². The molecule has 6 heteroatoms. The second kappa shape index (κ2) is 4.47. The van der Waals surface area contributed by atoms with Crippen molar-refractivity contribution in [1.29, 1.82) is 0 Å². The Bertz CT molecular complexity index is 382. The van der Waals surface area contributed by atoms with Crippen molar-refractivity contribution in [3.05, 3.63) is 10.6 Å². The van der Waals surface area contributed by atoms with Gasteiger partial charge in [0.05, 0.1) is 5.69 Å². The maximum atomic E-state index is 12.2. The highest BCUT2D eigenvalue weighted by atomic mass is 32.1. The lowest BCUT2D eigenvalue weighted by atomic mass is 10.1. The van der Waals surface area contributed by atoms with Crippen molar-refractivity contribution in [2.75, 3.05) is 13.1 Å². The van der Waals surface area contributed by atoms with Gasteiger partial charge >= 0.3 is 0 Å². The van der Waals surface area contributed by atoms with Crippen LogP contribution in [0.4, 0.5) is 0 Å². The third-order valence-electron chi connectivity index (χ3n) is 3.04. The molecule has 1 amide bonds. The second-order valence-corrected chi connectivity index (χ2v) is 5.01. The molecule has 0 aliphatic carbocycles. The van der Waals surface area contributed by atoms with Crippen LogP contribution < -0.4 is 5.73 Å². The van der Waals surface area contributed by atoms with E-state index in [1.54, 1.807) is 0 Å². The van der Waals surface area contributed by atoms with Crippen molar-refractivity contribution >= 4 is 17.4 Å². The molecule has 0 saturated carbocycles. The summed E-state index contributed by atoms with van der Waals surface area (Å²) in [5.41, 5.74) is 6.70. The minimum absolute atomic E-state index is 0.0339. The molecule has 2 N–H and O–H groups in total. The molecule has 1 aromatic heterocycles. The third kappa shape index (κ3) is 1.94. The molecule has 16 heavy (non-hydrogen) atoms. The molecule has 1 saturated heterocycles. The Morgan fingerprint density at radius 2 is 2.38 bits per heavy atom. The van der Waals surface area contributed by atoms with Crippen LogP contribution in [-0.4, -0.2) is 39.5 Å². The zero-order valence-corrected chi connectivity index (χ0v) is 10.3. The molecule has 1 fully saturated rings. The maximum absolute atomic E-state index is 12.2. The number of carbonyl (C=O) groups excluding carboxylic acids is 1. The molecule has 2 unspecified atom stereocenters. The van der Waals surface area contributed by atoms with Crippen molar-refractivity contribution in [3.8, 4) is 0 Å². The molecule has 2 atom stereocenters. The van der Waals surface area contributed by atoms with Gasteiger partial charge in [-0.15, -0.1) is 5.10 Å². The summed E-state index contributed by atoms with van der Waals surface area (Å²) in [6, 6.07) is 0.0925. The van der Waals surface area contributed by atoms with Gasteiger partial charge in [-0.2, -0.15) is 0 Å². The molecular weight excluding hydrogens is 224 g/mol. The fourth-order valence-corrected chi connectivity index (χ4v) is 2.62. The minimum atomic E-state index is 0.0339. The van der Waals surface area contributed by atoms with Crippen LogP contribution in [0.3, 0.4) is 0 Å². The first-order valence-electron chi connectivity index (χ1n) is 5.49. The minimum Gasteiger partial charge on any atom is -0.336 e. The van der Waals surface area contributed by atoms with E-state index in [9.17, 15) is 4.79 Å². The Labute approximate surface area is 98.8 Å². The lowest BCUT2D eigenvalue weighted by Crippen LogP contribution is -2.32. The normalized spacial score (nSPS) is 25.1. The van der Waals surface area contributed by atoms with Gasteiger partial charge in [0, 0.05) is 19.1 Å². The van der Waals surface area contributed by atoms with Gasteiger partial charge in [0.1, 0.15) is 4.88 Å². The first-order valence-corrected chi connectivity index (χ1v) is 6.27. The van der Waals surface area contributed by atoms with Crippen molar-refractivity contribution < 1.29 is 4.79 Å². The van der Waals surface area contributed by atoms with Crippen LogP contribution in [0.1, 0.15) is 29.2 Å². The molecule has 2 rings (SSSR count). The lowest BCUT2D eigenvalue weighted by Gasteiger charge is -2.14. The summed E-state index contributed by atoms with van der Waals surface area (Å²) >= 11 is 1.18. The number of rotatable bonds is 2. The van der Waals surface area contributed by atoms with Gasteiger partial charge in [0.25, 0.3) is 5.91 Å². The molecule has 0 spiro atoms. The molecule has 2 heterocycles. The van der Waals surface area contributed by atoms with Gasteiger partial charge in [-0.1, -0.05) is 18.3 Å². The Morgan fingerprint density at radius 3 is 2.94 bits per heavy atom. The van der Waals surface area contributed by atoms with E-state index in [1.165, 1.54) is 11.5 Å². The van der Waals surface area contributed by atoms with Crippen molar-refractivity contribution in [2.45, 2.75) is 26.3 Å². The SMILES string of the molecule is CCc1nnsc1C(=O)N1CC(C)C(N)C1. The predicted octanol–water partition coefficient (Wildman–Crippen LogP) is 0.520. The van der Waals surface area contributed by atoms with Crippen LogP contribution in [0.5, 0.6) is 0 Å². The van der Waals surface area contributed by atoms with Crippen LogP contribution in [0.2, 0.25) is 0 Å². The summed E-state index contributed by atoms with van der Waals surface area (Å²) in [5, 5.41) is 3.95. The third-order valence-corrected chi connectivity index (χ3v) is 3.80. The first-order chi connectivity index (χ1) is 7.63. The second-order valence-electron chi connectivity index (χ2n) is 4.25. The van der Waals surface area contributed by atoms with Crippen LogP contribution in [-0.2, 0) is 6.42 Å². The first kappa shape index (κ1) is 11.5. The van der Waals surface area contributed by atoms with Gasteiger partial charge in [0.15, 0.2) is 0 Å².